The Kier molecular flexibility index (Phi) is 9.86. The van der Waals surface area contributed by atoms with Crippen LogP contribution >= 0.6 is 0 Å². The predicted octanol–water partition coefficient (Wildman–Crippen LogP) is 5.67. The fourth-order valence-electron chi connectivity index (χ4n) is 5.29. The van der Waals surface area contributed by atoms with Crippen molar-refractivity contribution in [1.29, 1.82) is 0 Å². The van der Waals surface area contributed by atoms with Crippen molar-refractivity contribution in [2.24, 2.45) is 0 Å². The second-order valence-corrected chi connectivity index (χ2v) is 13.0. The number of hydrogen-bond donors (Lipinski definition) is 1. The van der Waals surface area contributed by atoms with E-state index in [2.05, 4.69) is 5.32 Å². The number of rotatable bonds is 10. The van der Waals surface area contributed by atoms with E-state index in [0.29, 0.717) is 5.69 Å². The highest BCUT2D eigenvalue weighted by Gasteiger charge is 2.33. The first-order chi connectivity index (χ1) is 19.6. The van der Waals surface area contributed by atoms with E-state index in [1.165, 1.54) is 23.5 Å². The van der Waals surface area contributed by atoms with Crippen molar-refractivity contribution >= 4 is 27.5 Å². The summed E-state index contributed by atoms with van der Waals surface area (Å²) in [6.07, 6.45) is 5.19. The lowest BCUT2D eigenvalue weighted by atomic mass is 9.95. The molecule has 3 aromatic rings. The zero-order valence-corrected chi connectivity index (χ0v) is 25.3. The third kappa shape index (κ3) is 7.55. The Balaban J connectivity index is 1.68. The molecular weight excluding hydrogens is 534 g/mol. The molecule has 0 spiro atoms. The van der Waals surface area contributed by atoms with Gasteiger partial charge in [-0.2, -0.15) is 0 Å². The molecule has 218 valence electrons. The van der Waals surface area contributed by atoms with Crippen LogP contribution < -0.4 is 9.62 Å². The molecule has 0 radical (unpaired) electrons. The molecule has 41 heavy (non-hydrogen) atoms. The van der Waals surface area contributed by atoms with Gasteiger partial charge in [-0.05, 0) is 81.5 Å². The Bertz CT molecular complexity index is 1470. The topological polar surface area (TPSA) is 86.8 Å². The zero-order valence-electron chi connectivity index (χ0n) is 24.5. The molecule has 4 rings (SSSR count). The van der Waals surface area contributed by atoms with Crippen LogP contribution in [0.3, 0.4) is 0 Å². The van der Waals surface area contributed by atoms with Crippen LogP contribution in [0, 0.1) is 20.8 Å². The standard InChI is InChI=1S/C33H41N3O4S/c1-24-12-11-13-28(20-24)22-35(27(4)33(38)34-29-14-7-5-8-15-29)32(37)23-36(30-19-18-25(2)26(3)21-30)41(39,40)31-16-9-6-10-17-31/h6,9-13,16-21,27,29H,5,7-8,14-15,22-23H2,1-4H3,(H,34,38). The maximum atomic E-state index is 14.1. The molecule has 0 aromatic heterocycles. The number of nitrogens with zero attached hydrogens (tertiary/aromatic N) is 2. The molecule has 1 N–H and O–H groups in total. The minimum Gasteiger partial charge on any atom is -0.352 e. The summed E-state index contributed by atoms with van der Waals surface area (Å²) in [5, 5.41) is 3.14. The first kappa shape index (κ1) is 30.3. The quantitative estimate of drug-likeness (QED) is 0.337. The largest absolute Gasteiger partial charge is 0.352 e. The summed E-state index contributed by atoms with van der Waals surface area (Å²) in [6, 6.07) is 20.6. The van der Waals surface area contributed by atoms with Gasteiger partial charge in [0.15, 0.2) is 0 Å². The van der Waals surface area contributed by atoms with Crippen molar-refractivity contribution in [2.75, 3.05) is 10.8 Å². The number of sulfonamides is 1. The Labute approximate surface area is 244 Å². The number of hydrogen-bond acceptors (Lipinski definition) is 4. The maximum absolute atomic E-state index is 14.1. The predicted molar refractivity (Wildman–Crippen MR) is 163 cm³/mol. The highest BCUT2D eigenvalue weighted by atomic mass is 32.2. The molecule has 0 aliphatic heterocycles. The molecule has 1 aliphatic carbocycles. The summed E-state index contributed by atoms with van der Waals surface area (Å²) < 4.78 is 29.0. The summed E-state index contributed by atoms with van der Waals surface area (Å²) in [7, 11) is -4.08. The molecule has 1 fully saturated rings. The minimum atomic E-state index is -4.08. The van der Waals surface area contributed by atoms with E-state index in [0.717, 1.165) is 52.2 Å². The number of carbonyl (C=O) groups is 2. The van der Waals surface area contributed by atoms with E-state index in [9.17, 15) is 18.0 Å². The molecule has 0 bridgehead atoms. The van der Waals surface area contributed by atoms with Crippen molar-refractivity contribution in [2.45, 2.75) is 83.3 Å². The van der Waals surface area contributed by atoms with Gasteiger partial charge in [-0.25, -0.2) is 8.42 Å². The molecule has 3 aromatic carbocycles. The Morgan fingerprint density at radius 3 is 2.24 bits per heavy atom. The van der Waals surface area contributed by atoms with Crippen molar-refractivity contribution in [3.8, 4) is 0 Å². The van der Waals surface area contributed by atoms with Crippen LogP contribution in [-0.4, -0.2) is 43.8 Å². The van der Waals surface area contributed by atoms with E-state index in [1.54, 1.807) is 37.3 Å². The van der Waals surface area contributed by atoms with E-state index in [1.807, 2.05) is 51.1 Å². The molecule has 1 atom stereocenters. The van der Waals surface area contributed by atoms with Gasteiger partial charge in [0.2, 0.25) is 11.8 Å². The molecule has 7 nitrogen and oxygen atoms in total. The van der Waals surface area contributed by atoms with E-state index in [-0.39, 0.29) is 23.4 Å². The molecular formula is C33H41N3O4S. The normalized spacial score (nSPS) is 14.7. The van der Waals surface area contributed by atoms with Crippen LogP contribution in [-0.2, 0) is 26.2 Å². The first-order valence-electron chi connectivity index (χ1n) is 14.4. The average molecular weight is 576 g/mol. The summed E-state index contributed by atoms with van der Waals surface area (Å²) in [5.74, 6) is -0.669. The zero-order chi connectivity index (χ0) is 29.6. The van der Waals surface area contributed by atoms with Gasteiger partial charge in [0, 0.05) is 12.6 Å². The number of amides is 2. The van der Waals surface area contributed by atoms with E-state index in [4.69, 9.17) is 0 Å². The van der Waals surface area contributed by atoms with Crippen molar-refractivity contribution in [1.82, 2.24) is 10.2 Å². The fraction of sp³-hybridized carbons (Fsp3) is 0.394. The Morgan fingerprint density at radius 2 is 1.59 bits per heavy atom. The van der Waals surface area contributed by atoms with E-state index < -0.39 is 28.5 Å². The third-order valence-electron chi connectivity index (χ3n) is 7.94. The Hall–Kier alpha value is -3.65. The van der Waals surface area contributed by atoms with Crippen molar-refractivity contribution < 1.29 is 18.0 Å². The maximum Gasteiger partial charge on any atom is 0.264 e. The Morgan fingerprint density at radius 1 is 0.878 bits per heavy atom. The molecule has 0 saturated heterocycles. The van der Waals surface area contributed by atoms with Crippen LogP contribution in [0.1, 0.15) is 61.3 Å². The van der Waals surface area contributed by atoms with Crippen LogP contribution in [0.5, 0.6) is 0 Å². The van der Waals surface area contributed by atoms with Gasteiger partial charge in [0.25, 0.3) is 10.0 Å². The third-order valence-corrected chi connectivity index (χ3v) is 9.73. The highest BCUT2D eigenvalue weighted by Crippen LogP contribution is 2.27. The smallest absolute Gasteiger partial charge is 0.264 e. The summed E-state index contributed by atoms with van der Waals surface area (Å²) in [6.45, 7) is 7.31. The van der Waals surface area contributed by atoms with Crippen LogP contribution in [0.4, 0.5) is 5.69 Å². The summed E-state index contributed by atoms with van der Waals surface area (Å²) >= 11 is 0. The molecule has 2 amide bonds. The molecule has 0 heterocycles. The van der Waals surface area contributed by atoms with Gasteiger partial charge in [-0.15, -0.1) is 0 Å². The highest BCUT2D eigenvalue weighted by molar-refractivity contribution is 7.92. The van der Waals surface area contributed by atoms with Crippen LogP contribution in [0.2, 0.25) is 0 Å². The lowest BCUT2D eigenvalue weighted by molar-refractivity contribution is -0.139. The molecule has 1 aliphatic rings. The number of nitrogens with one attached hydrogen (secondary N) is 1. The second-order valence-electron chi connectivity index (χ2n) is 11.1. The van der Waals surface area contributed by atoms with Crippen molar-refractivity contribution in [3.05, 3.63) is 95.1 Å². The van der Waals surface area contributed by atoms with Gasteiger partial charge in [0.05, 0.1) is 10.6 Å². The average Bonchev–Trinajstić information content (AvgIpc) is 2.96. The number of aryl methyl sites for hydroxylation is 3. The number of benzene rings is 3. The number of carbonyl (C=O) groups excluding carboxylic acids is 2. The van der Waals surface area contributed by atoms with Gasteiger partial charge in [-0.1, -0.05) is 73.4 Å². The van der Waals surface area contributed by atoms with Crippen LogP contribution in [0.25, 0.3) is 0 Å². The summed E-state index contributed by atoms with van der Waals surface area (Å²) in [4.78, 5) is 29.2. The molecule has 1 unspecified atom stereocenters. The molecule has 1 saturated carbocycles. The van der Waals surface area contributed by atoms with Crippen LogP contribution in [0.15, 0.2) is 77.7 Å². The van der Waals surface area contributed by atoms with Crippen molar-refractivity contribution in [3.63, 3.8) is 0 Å². The fourth-order valence-corrected chi connectivity index (χ4v) is 6.71. The minimum absolute atomic E-state index is 0.0966. The molecule has 8 heteroatoms. The first-order valence-corrected chi connectivity index (χ1v) is 15.8. The van der Waals surface area contributed by atoms with Gasteiger partial charge >= 0.3 is 0 Å². The van der Waals surface area contributed by atoms with Gasteiger partial charge in [0.1, 0.15) is 12.6 Å². The number of anilines is 1. The lowest BCUT2D eigenvalue weighted by Gasteiger charge is -2.33. The summed E-state index contributed by atoms with van der Waals surface area (Å²) in [5.41, 5.74) is 4.25. The van der Waals surface area contributed by atoms with Gasteiger partial charge in [-0.3, -0.25) is 13.9 Å². The van der Waals surface area contributed by atoms with Gasteiger partial charge < -0.3 is 10.2 Å². The lowest BCUT2D eigenvalue weighted by Crippen LogP contribution is -2.53. The SMILES string of the molecule is Cc1cccc(CN(C(=O)CN(c2ccc(C)c(C)c2)S(=O)(=O)c2ccccc2)C(C)C(=O)NC2CCCCC2)c1. The monoisotopic (exact) mass is 575 g/mol. The van der Waals surface area contributed by atoms with E-state index >= 15 is 0 Å². The second kappa shape index (κ2) is 13.3.